The second-order valence-corrected chi connectivity index (χ2v) is 11.4. The number of anilines is 1. The first-order chi connectivity index (χ1) is 17.6. The molecule has 37 heavy (non-hydrogen) atoms. The molecule has 3 aromatic rings. The van der Waals surface area contributed by atoms with E-state index in [0.717, 1.165) is 16.7 Å². The van der Waals surface area contributed by atoms with Gasteiger partial charge in [0.15, 0.2) is 15.9 Å². The van der Waals surface area contributed by atoms with E-state index in [1.165, 1.54) is 19.1 Å². The highest BCUT2D eigenvalue weighted by atomic mass is 32.2. The number of sulfone groups is 1. The molecule has 4 rings (SSSR count). The monoisotopic (exact) mass is 527 g/mol. The first kappa shape index (κ1) is 26.6. The van der Waals surface area contributed by atoms with Gasteiger partial charge >= 0.3 is 0 Å². The largest absolute Gasteiger partial charge is 0.491 e. The number of amides is 1. The number of carbonyl (C=O) groups excluding carboxylic acids is 1. The molecular formula is C28H30FNO6S. The zero-order chi connectivity index (χ0) is 26.6. The number of hydrogen-bond acceptors (Lipinski definition) is 6. The maximum atomic E-state index is 13.2. The average molecular weight is 528 g/mol. The van der Waals surface area contributed by atoms with Crippen molar-refractivity contribution < 1.29 is 32.2 Å². The predicted octanol–water partition coefficient (Wildman–Crippen LogP) is 4.16. The zero-order valence-corrected chi connectivity index (χ0v) is 21.6. The number of rotatable bonds is 10. The molecule has 2 atom stereocenters. The van der Waals surface area contributed by atoms with Crippen LogP contribution >= 0.6 is 0 Å². The van der Waals surface area contributed by atoms with E-state index in [4.69, 9.17) is 9.47 Å². The summed E-state index contributed by atoms with van der Waals surface area (Å²) in [6, 6.07) is 18.9. The van der Waals surface area contributed by atoms with Gasteiger partial charge in [0.1, 0.15) is 30.0 Å². The van der Waals surface area contributed by atoms with Crippen LogP contribution in [0, 0.1) is 12.7 Å². The molecule has 1 unspecified atom stereocenters. The second-order valence-electron chi connectivity index (χ2n) is 9.03. The highest BCUT2D eigenvalue weighted by Gasteiger charge is 2.34. The number of ether oxygens (including phenoxy) is 2. The van der Waals surface area contributed by atoms with Crippen molar-refractivity contribution in [2.24, 2.45) is 0 Å². The molecule has 0 radical (unpaired) electrons. The maximum Gasteiger partial charge on any atom is 0.268 e. The van der Waals surface area contributed by atoms with Crippen LogP contribution in [0.15, 0.2) is 66.7 Å². The molecule has 1 heterocycles. The van der Waals surface area contributed by atoms with Crippen LogP contribution in [0.5, 0.6) is 11.5 Å². The summed E-state index contributed by atoms with van der Waals surface area (Å²) in [6.45, 7) is 3.72. The van der Waals surface area contributed by atoms with Gasteiger partial charge in [-0.2, -0.15) is 0 Å². The third kappa shape index (κ3) is 6.67. The van der Waals surface area contributed by atoms with Crippen molar-refractivity contribution >= 4 is 21.4 Å². The number of aliphatic hydroxyl groups excluding tert-OH is 1. The second kappa shape index (κ2) is 11.3. The van der Waals surface area contributed by atoms with E-state index in [2.05, 4.69) is 0 Å². The quantitative estimate of drug-likeness (QED) is 0.426. The van der Waals surface area contributed by atoms with E-state index in [1.54, 1.807) is 41.3 Å². The van der Waals surface area contributed by atoms with Crippen LogP contribution in [-0.4, -0.2) is 56.3 Å². The molecule has 0 aromatic heterocycles. The van der Waals surface area contributed by atoms with Gasteiger partial charge in [-0.05, 0) is 66.1 Å². The summed E-state index contributed by atoms with van der Waals surface area (Å²) in [4.78, 5) is 14.7. The molecule has 196 valence electrons. The lowest BCUT2D eigenvalue weighted by Gasteiger charge is -2.19. The van der Waals surface area contributed by atoms with Crippen molar-refractivity contribution in [3.8, 4) is 22.6 Å². The lowest BCUT2D eigenvalue weighted by molar-refractivity contribution is -0.122. The summed E-state index contributed by atoms with van der Waals surface area (Å²) < 4.78 is 48.1. The predicted molar refractivity (Wildman–Crippen MR) is 140 cm³/mol. The fourth-order valence-corrected chi connectivity index (χ4v) is 5.08. The number of hydrogen-bond donors (Lipinski definition) is 1. The molecule has 9 heteroatoms. The summed E-state index contributed by atoms with van der Waals surface area (Å²) in [5.74, 6) is 0.277. The lowest BCUT2D eigenvalue weighted by atomic mass is 10.1. The van der Waals surface area contributed by atoms with E-state index in [9.17, 15) is 22.7 Å². The SMILES string of the molecule is CCS(=O)(=O)C[C@@H](O)COc1ccc(N2CCC(Oc3ccc(-c4ccc(F)cc4)cc3)C2=O)cc1C. The third-order valence-electron chi connectivity index (χ3n) is 6.25. The van der Waals surface area contributed by atoms with Crippen molar-refractivity contribution in [1.82, 2.24) is 0 Å². The topological polar surface area (TPSA) is 93.1 Å². The van der Waals surface area contributed by atoms with Gasteiger partial charge < -0.3 is 19.5 Å². The standard InChI is InChI=1S/C28H30FNO6S/c1-3-37(33,34)18-24(31)17-35-26-13-10-23(16-19(26)2)30-15-14-27(28(30)32)36-25-11-6-21(7-12-25)20-4-8-22(29)9-5-20/h4-13,16,24,27,31H,3,14-15,17-18H2,1-2H3/t24-,27?/m0/s1. The molecule has 0 spiro atoms. The van der Waals surface area contributed by atoms with Crippen LogP contribution in [-0.2, 0) is 14.6 Å². The molecule has 0 saturated carbocycles. The van der Waals surface area contributed by atoms with Crippen molar-refractivity contribution in [3.05, 3.63) is 78.1 Å². The normalized spacial score (nSPS) is 16.6. The molecule has 3 aromatic carbocycles. The number of benzene rings is 3. The number of carbonyl (C=O) groups is 1. The number of aryl methyl sites for hydroxylation is 1. The molecule has 7 nitrogen and oxygen atoms in total. The van der Waals surface area contributed by atoms with Crippen LogP contribution in [0.1, 0.15) is 18.9 Å². The highest BCUT2D eigenvalue weighted by Crippen LogP contribution is 2.30. The van der Waals surface area contributed by atoms with Crippen molar-refractivity contribution in [3.63, 3.8) is 0 Å². The molecule has 1 aliphatic rings. The summed E-state index contributed by atoms with van der Waals surface area (Å²) in [5.41, 5.74) is 3.28. The Hall–Kier alpha value is -3.43. The Balaban J connectivity index is 1.35. The van der Waals surface area contributed by atoms with E-state index in [1.807, 2.05) is 25.1 Å². The van der Waals surface area contributed by atoms with Crippen LogP contribution in [0.2, 0.25) is 0 Å². The molecular weight excluding hydrogens is 497 g/mol. The summed E-state index contributed by atoms with van der Waals surface area (Å²) in [5, 5.41) is 9.98. The molecule has 1 fully saturated rings. The Kier molecular flexibility index (Phi) is 8.14. The van der Waals surface area contributed by atoms with Gasteiger partial charge in [0, 0.05) is 24.4 Å². The van der Waals surface area contributed by atoms with E-state index in [0.29, 0.717) is 30.2 Å². The smallest absolute Gasteiger partial charge is 0.268 e. The third-order valence-corrected chi connectivity index (χ3v) is 8.03. The van der Waals surface area contributed by atoms with Gasteiger partial charge in [0.2, 0.25) is 0 Å². The van der Waals surface area contributed by atoms with Crippen molar-refractivity contribution in [1.29, 1.82) is 0 Å². The van der Waals surface area contributed by atoms with E-state index < -0.39 is 22.0 Å². The first-order valence-corrected chi connectivity index (χ1v) is 13.9. The molecule has 1 amide bonds. The van der Waals surface area contributed by atoms with Gasteiger partial charge in [-0.3, -0.25) is 4.79 Å². The van der Waals surface area contributed by atoms with Gasteiger partial charge in [-0.15, -0.1) is 0 Å². The molecule has 1 saturated heterocycles. The Morgan fingerprint density at radius 3 is 2.32 bits per heavy atom. The summed E-state index contributed by atoms with van der Waals surface area (Å²) >= 11 is 0. The Morgan fingerprint density at radius 2 is 1.70 bits per heavy atom. The number of halogens is 1. The Labute approximate surface area is 216 Å². The fraction of sp³-hybridized carbons (Fsp3) is 0.321. The molecule has 1 aliphatic heterocycles. The minimum atomic E-state index is -3.30. The van der Waals surface area contributed by atoms with Crippen LogP contribution < -0.4 is 14.4 Å². The molecule has 0 bridgehead atoms. The zero-order valence-electron chi connectivity index (χ0n) is 20.8. The number of aliphatic hydroxyl groups is 1. The van der Waals surface area contributed by atoms with Crippen molar-refractivity contribution in [2.45, 2.75) is 32.5 Å². The minimum absolute atomic E-state index is 0.0341. The molecule has 0 aliphatic carbocycles. The highest BCUT2D eigenvalue weighted by molar-refractivity contribution is 7.91. The van der Waals surface area contributed by atoms with Crippen LogP contribution in [0.4, 0.5) is 10.1 Å². The average Bonchev–Trinajstić information content (AvgIpc) is 3.23. The summed E-state index contributed by atoms with van der Waals surface area (Å²) in [7, 11) is -3.30. The Bertz CT molecular complexity index is 1340. The van der Waals surface area contributed by atoms with Crippen LogP contribution in [0.25, 0.3) is 11.1 Å². The van der Waals surface area contributed by atoms with Crippen molar-refractivity contribution in [2.75, 3.05) is 29.6 Å². The van der Waals surface area contributed by atoms with Gasteiger partial charge in [-0.25, -0.2) is 12.8 Å². The lowest BCUT2D eigenvalue weighted by Crippen LogP contribution is -2.32. The maximum absolute atomic E-state index is 13.2. The van der Waals surface area contributed by atoms with E-state index in [-0.39, 0.29) is 29.8 Å². The molecule has 1 N–H and O–H groups in total. The van der Waals surface area contributed by atoms with Crippen LogP contribution in [0.3, 0.4) is 0 Å². The minimum Gasteiger partial charge on any atom is -0.491 e. The van der Waals surface area contributed by atoms with Gasteiger partial charge in [-0.1, -0.05) is 31.2 Å². The first-order valence-electron chi connectivity index (χ1n) is 12.1. The summed E-state index contributed by atoms with van der Waals surface area (Å²) in [6.07, 6.45) is -1.19. The fourth-order valence-electron chi connectivity index (χ4n) is 4.16. The Morgan fingerprint density at radius 1 is 1.05 bits per heavy atom. The van der Waals surface area contributed by atoms with E-state index >= 15 is 0 Å². The van der Waals surface area contributed by atoms with Gasteiger partial charge in [0.25, 0.3) is 5.91 Å². The number of nitrogens with zero attached hydrogens (tertiary/aromatic N) is 1. The van der Waals surface area contributed by atoms with Gasteiger partial charge in [0.05, 0.1) is 5.75 Å².